The minimum absolute atomic E-state index is 0.321. The molecular weight excluding hydrogens is 312 g/mol. The molecule has 5 heteroatoms. The number of guanidine groups is 1. The van der Waals surface area contributed by atoms with Crippen LogP contribution in [0, 0.1) is 5.92 Å². The Morgan fingerprint density at radius 1 is 1.20 bits per heavy atom. The number of aliphatic imine (C=N–C) groups is 1. The van der Waals surface area contributed by atoms with Crippen LogP contribution in [0.2, 0.25) is 0 Å². The number of nitrogens with zero attached hydrogens (tertiary/aromatic N) is 2. The molecule has 0 aromatic carbocycles. The first-order valence-corrected chi connectivity index (χ1v) is 10.4. The average Bonchev–Trinajstić information content (AvgIpc) is 2.60. The van der Waals surface area contributed by atoms with E-state index in [4.69, 9.17) is 4.74 Å². The predicted octanol–water partition coefficient (Wildman–Crippen LogP) is 3.26. The minimum atomic E-state index is 0.321. The molecule has 1 fully saturated rings. The zero-order valence-electron chi connectivity index (χ0n) is 17.3. The zero-order chi connectivity index (χ0) is 18.5. The van der Waals surface area contributed by atoms with Crippen molar-refractivity contribution in [2.75, 3.05) is 39.8 Å². The number of hydrogen-bond acceptors (Lipinski definition) is 3. The van der Waals surface area contributed by atoms with Gasteiger partial charge >= 0.3 is 0 Å². The first-order chi connectivity index (χ1) is 12.1. The van der Waals surface area contributed by atoms with E-state index in [2.05, 4.69) is 48.2 Å². The van der Waals surface area contributed by atoms with Gasteiger partial charge in [-0.15, -0.1) is 0 Å². The second kappa shape index (κ2) is 13.4. The summed E-state index contributed by atoms with van der Waals surface area (Å²) in [6, 6.07) is 0.774. The Bertz CT molecular complexity index is 360. The lowest BCUT2D eigenvalue weighted by atomic mass is 10.0. The summed E-state index contributed by atoms with van der Waals surface area (Å²) in [6.45, 7) is 14.1. The number of likely N-dealkylation sites (tertiary alicyclic amines) is 1. The fourth-order valence-electron chi connectivity index (χ4n) is 3.51. The highest BCUT2D eigenvalue weighted by Crippen LogP contribution is 2.16. The van der Waals surface area contributed by atoms with Crippen LogP contribution in [0.3, 0.4) is 0 Å². The van der Waals surface area contributed by atoms with E-state index in [1.165, 1.54) is 45.2 Å². The molecule has 2 atom stereocenters. The number of rotatable bonds is 11. The molecule has 1 aliphatic rings. The standard InChI is InChI=1S/C20H42N4O/c1-6-25-19(17(2)3)12-14-23-20(21-5)22-13-8-10-16-24-15-9-7-11-18(24)4/h17-19H,6-16H2,1-5H3,(H2,21,22,23). The maximum atomic E-state index is 5.79. The first kappa shape index (κ1) is 22.2. The summed E-state index contributed by atoms with van der Waals surface area (Å²) < 4.78 is 5.79. The molecule has 0 aromatic rings. The molecule has 0 radical (unpaired) electrons. The molecule has 1 aliphatic heterocycles. The molecule has 2 N–H and O–H groups in total. The van der Waals surface area contributed by atoms with E-state index >= 15 is 0 Å². The lowest BCUT2D eigenvalue weighted by molar-refractivity contribution is 0.0258. The number of piperidine rings is 1. The van der Waals surface area contributed by atoms with E-state index in [1.54, 1.807) is 0 Å². The Labute approximate surface area is 156 Å². The predicted molar refractivity (Wildman–Crippen MR) is 108 cm³/mol. The van der Waals surface area contributed by atoms with E-state index in [0.29, 0.717) is 12.0 Å². The third-order valence-electron chi connectivity index (χ3n) is 5.17. The van der Waals surface area contributed by atoms with Crippen molar-refractivity contribution in [1.82, 2.24) is 15.5 Å². The molecule has 0 aromatic heterocycles. The van der Waals surface area contributed by atoms with Crippen molar-refractivity contribution in [2.45, 2.75) is 78.4 Å². The summed E-state index contributed by atoms with van der Waals surface area (Å²) in [7, 11) is 1.84. The van der Waals surface area contributed by atoms with Crippen molar-refractivity contribution in [3.8, 4) is 0 Å². The lowest BCUT2D eigenvalue weighted by Crippen LogP contribution is -2.40. The summed E-state index contributed by atoms with van der Waals surface area (Å²) in [5.41, 5.74) is 0. The molecule has 25 heavy (non-hydrogen) atoms. The van der Waals surface area contributed by atoms with Gasteiger partial charge in [0.05, 0.1) is 6.10 Å². The number of nitrogens with one attached hydrogen (secondary N) is 2. The van der Waals surface area contributed by atoms with Gasteiger partial charge in [-0.05, 0) is 65.0 Å². The maximum Gasteiger partial charge on any atom is 0.190 e. The van der Waals surface area contributed by atoms with E-state index in [0.717, 1.165) is 38.1 Å². The highest BCUT2D eigenvalue weighted by molar-refractivity contribution is 5.79. The van der Waals surface area contributed by atoms with E-state index in [1.807, 2.05) is 7.05 Å². The monoisotopic (exact) mass is 354 g/mol. The van der Waals surface area contributed by atoms with Gasteiger partial charge in [0.25, 0.3) is 0 Å². The second-order valence-electron chi connectivity index (χ2n) is 7.54. The second-order valence-corrected chi connectivity index (χ2v) is 7.54. The number of ether oxygens (including phenoxy) is 1. The van der Waals surface area contributed by atoms with Gasteiger partial charge in [-0.2, -0.15) is 0 Å². The molecule has 0 saturated carbocycles. The van der Waals surface area contributed by atoms with Gasteiger partial charge in [0, 0.05) is 32.8 Å². The maximum absolute atomic E-state index is 5.79. The van der Waals surface area contributed by atoms with Crippen LogP contribution >= 0.6 is 0 Å². The van der Waals surface area contributed by atoms with Crippen LogP contribution in [0.1, 0.15) is 66.2 Å². The van der Waals surface area contributed by atoms with Gasteiger partial charge in [-0.1, -0.05) is 20.3 Å². The number of unbranched alkanes of at least 4 members (excludes halogenated alkanes) is 1. The summed E-state index contributed by atoms with van der Waals surface area (Å²) in [5, 5.41) is 6.84. The first-order valence-electron chi connectivity index (χ1n) is 10.4. The fraction of sp³-hybridized carbons (Fsp3) is 0.950. The van der Waals surface area contributed by atoms with Crippen LogP contribution in [0.5, 0.6) is 0 Å². The van der Waals surface area contributed by atoms with Crippen molar-refractivity contribution < 1.29 is 4.74 Å². The van der Waals surface area contributed by atoms with Gasteiger partial charge in [0.2, 0.25) is 0 Å². The quantitative estimate of drug-likeness (QED) is 0.340. The van der Waals surface area contributed by atoms with Crippen LogP contribution in [-0.4, -0.2) is 62.8 Å². The van der Waals surface area contributed by atoms with Crippen LogP contribution in [-0.2, 0) is 4.74 Å². The van der Waals surface area contributed by atoms with Crippen LogP contribution in [0.25, 0.3) is 0 Å². The van der Waals surface area contributed by atoms with Gasteiger partial charge < -0.3 is 20.3 Å². The minimum Gasteiger partial charge on any atom is -0.378 e. The summed E-state index contributed by atoms with van der Waals surface area (Å²) in [5.74, 6) is 1.46. The molecule has 0 bridgehead atoms. The van der Waals surface area contributed by atoms with Crippen molar-refractivity contribution in [2.24, 2.45) is 10.9 Å². The van der Waals surface area contributed by atoms with Crippen molar-refractivity contribution in [1.29, 1.82) is 0 Å². The Morgan fingerprint density at radius 3 is 2.60 bits per heavy atom. The zero-order valence-corrected chi connectivity index (χ0v) is 17.3. The van der Waals surface area contributed by atoms with Crippen molar-refractivity contribution in [3.63, 3.8) is 0 Å². The third kappa shape index (κ3) is 9.45. The Hall–Kier alpha value is -0.810. The SMILES string of the molecule is CCOC(CCNC(=NC)NCCCCN1CCCCC1C)C(C)C. The van der Waals surface area contributed by atoms with Crippen LogP contribution in [0.15, 0.2) is 4.99 Å². The van der Waals surface area contributed by atoms with E-state index in [-0.39, 0.29) is 0 Å². The summed E-state index contributed by atoms with van der Waals surface area (Å²) in [6.07, 6.45) is 7.93. The van der Waals surface area contributed by atoms with E-state index in [9.17, 15) is 0 Å². The molecule has 148 valence electrons. The summed E-state index contributed by atoms with van der Waals surface area (Å²) in [4.78, 5) is 6.97. The molecule has 1 heterocycles. The molecule has 2 unspecified atom stereocenters. The molecular formula is C20H42N4O. The van der Waals surface area contributed by atoms with Crippen molar-refractivity contribution >= 4 is 5.96 Å². The highest BCUT2D eigenvalue weighted by atomic mass is 16.5. The molecule has 0 aliphatic carbocycles. The van der Waals surface area contributed by atoms with Crippen LogP contribution in [0.4, 0.5) is 0 Å². The smallest absolute Gasteiger partial charge is 0.190 e. The van der Waals surface area contributed by atoms with Crippen LogP contribution < -0.4 is 10.6 Å². The third-order valence-corrected chi connectivity index (χ3v) is 5.17. The normalized spacial score (nSPS) is 20.7. The van der Waals surface area contributed by atoms with Gasteiger partial charge in [-0.3, -0.25) is 4.99 Å². The fourth-order valence-corrected chi connectivity index (χ4v) is 3.51. The van der Waals surface area contributed by atoms with Gasteiger partial charge in [0.15, 0.2) is 5.96 Å². The van der Waals surface area contributed by atoms with Gasteiger partial charge in [0.1, 0.15) is 0 Å². The molecule has 1 rings (SSSR count). The Morgan fingerprint density at radius 2 is 1.96 bits per heavy atom. The lowest BCUT2D eigenvalue weighted by Gasteiger charge is -2.33. The Balaban J connectivity index is 2.11. The largest absolute Gasteiger partial charge is 0.378 e. The highest BCUT2D eigenvalue weighted by Gasteiger charge is 2.17. The van der Waals surface area contributed by atoms with E-state index < -0.39 is 0 Å². The number of hydrogen-bond donors (Lipinski definition) is 2. The Kier molecular flexibility index (Phi) is 11.9. The molecule has 1 saturated heterocycles. The topological polar surface area (TPSA) is 48.9 Å². The summed E-state index contributed by atoms with van der Waals surface area (Å²) >= 11 is 0. The molecule has 5 nitrogen and oxygen atoms in total. The van der Waals surface area contributed by atoms with Gasteiger partial charge in [-0.25, -0.2) is 0 Å². The molecule has 0 amide bonds. The van der Waals surface area contributed by atoms with Crippen molar-refractivity contribution in [3.05, 3.63) is 0 Å². The molecule has 0 spiro atoms. The average molecular weight is 355 g/mol.